The summed E-state index contributed by atoms with van der Waals surface area (Å²) >= 11 is 0. The zero-order valence-corrected chi connectivity index (χ0v) is 10.5. The Morgan fingerprint density at radius 3 is 2.89 bits per heavy atom. The molecule has 0 bridgehead atoms. The van der Waals surface area contributed by atoms with Crippen LogP contribution in [-0.2, 0) is 16.3 Å². The monoisotopic (exact) mass is 255 g/mol. The molecular weight excluding hydrogens is 241 g/mol. The summed E-state index contributed by atoms with van der Waals surface area (Å²) in [4.78, 5) is 14.3. The van der Waals surface area contributed by atoms with Crippen LogP contribution in [0.4, 0.5) is 0 Å². The number of ether oxygens (including phenoxy) is 1. The summed E-state index contributed by atoms with van der Waals surface area (Å²) in [6.45, 7) is 1.13. The molecule has 1 aromatic heterocycles. The Morgan fingerprint density at radius 1 is 1.21 bits per heavy atom. The number of nitrogens with zero attached hydrogens (tertiary/aromatic N) is 1. The zero-order valence-electron chi connectivity index (χ0n) is 10.5. The molecular formula is C14H14BNO3. The first kappa shape index (κ1) is 12.2. The van der Waals surface area contributed by atoms with Crippen LogP contribution in [0.2, 0.25) is 6.32 Å². The largest absolute Gasteiger partial charge is 0.473 e. The molecule has 19 heavy (non-hydrogen) atoms. The number of rotatable bonds is 4. The lowest BCUT2D eigenvalue weighted by Crippen LogP contribution is -2.29. The van der Waals surface area contributed by atoms with Gasteiger partial charge in [-0.1, -0.05) is 30.3 Å². The summed E-state index contributed by atoms with van der Waals surface area (Å²) in [6.07, 6.45) is 2.60. The molecule has 0 amide bonds. The van der Waals surface area contributed by atoms with Gasteiger partial charge in [-0.2, -0.15) is 0 Å². The number of hydrogen-bond donors (Lipinski definition) is 0. The molecule has 0 N–H and O–H groups in total. The molecule has 0 unspecified atom stereocenters. The van der Waals surface area contributed by atoms with Gasteiger partial charge in [-0.05, 0) is 29.5 Å². The minimum Gasteiger partial charge on any atom is -0.473 e. The molecule has 2 heterocycles. The number of pyridine rings is 1. The highest BCUT2D eigenvalue weighted by Crippen LogP contribution is 2.11. The molecule has 1 aliphatic rings. The standard InChI is InChI=1S/C14H14BNO3/c1-2-4-12(5-3-1)11-17-14-10-13(6-8-16-14)15-7-9-18-19-15/h1-6,8,10H,7,9,11H2. The number of hydrogen-bond acceptors (Lipinski definition) is 4. The van der Waals surface area contributed by atoms with E-state index in [0.717, 1.165) is 17.3 Å². The second kappa shape index (κ2) is 5.86. The minimum atomic E-state index is -0.0120. The second-order valence-electron chi connectivity index (χ2n) is 4.40. The second-order valence-corrected chi connectivity index (χ2v) is 4.40. The third kappa shape index (κ3) is 3.13. The van der Waals surface area contributed by atoms with Crippen molar-refractivity contribution in [3.63, 3.8) is 0 Å². The molecule has 2 aromatic rings. The molecule has 96 valence electrons. The normalized spacial score (nSPS) is 14.6. The third-order valence-electron chi connectivity index (χ3n) is 3.01. The Balaban J connectivity index is 1.66. The molecule has 0 spiro atoms. The first-order valence-electron chi connectivity index (χ1n) is 6.33. The van der Waals surface area contributed by atoms with E-state index in [1.165, 1.54) is 0 Å². The number of benzene rings is 1. The molecule has 1 saturated heterocycles. The van der Waals surface area contributed by atoms with Crippen molar-refractivity contribution < 1.29 is 14.4 Å². The van der Waals surface area contributed by atoms with E-state index in [4.69, 9.17) is 14.4 Å². The van der Waals surface area contributed by atoms with Gasteiger partial charge in [0, 0.05) is 6.20 Å². The van der Waals surface area contributed by atoms with Crippen LogP contribution in [0, 0.1) is 0 Å². The lowest BCUT2D eigenvalue weighted by molar-refractivity contribution is -0.184. The maximum absolute atomic E-state index is 5.68. The van der Waals surface area contributed by atoms with Crippen LogP contribution < -0.4 is 10.2 Å². The fourth-order valence-corrected chi connectivity index (χ4v) is 1.99. The molecule has 1 aliphatic heterocycles. The Hall–Kier alpha value is -1.85. The molecule has 4 nitrogen and oxygen atoms in total. The topological polar surface area (TPSA) is 40.6 Å². The smallest absolute Gasteiger partial charge is 0.375 e. The van der Waals surface area contributed by atoms with Crippen molar-refractivity contribution in [2.75, 3.05) is 6.61 Å². The van der Waals surface area contributed by atoms with Crippen LogP contribution in [-0.4, -0.2) is 18.5 Å². The van der Waals surface area contributed by atoms with Crippen LogP contribution in [0.5, 0.6) is 5.88 Å². The molecule has 0 aliphatic carbocycles. The maximum atomic E-state index is 5.68. The van der Waals surface area contributed by atoms with E-state index < -0.39 is 0 Å². The molecule has 0 saturated carbocycles. The van der Waals surface area contributed by atoms with E-state index in [2.05, 4.69) is 4.98 Å². The fraction of sp³-hybridized carbons (Fsp3) is 0.214. The van der Waals surface area contributed by atoms with Crippen molar-refractivity contribution >= 4 is 12.4 Å². The first-order valence-corrected chi connectivity index (χ1v) is 6.33. The maximum Gasteiger partial charge on any atom is 0.375 e. The molecule has 3 rings (SSSR count). The third-order valence-corrected chi connectivity index (χ3v) is 3.01. The zero-order chi connectivity index (χ0) is 12.9. The molecule has 5 heteroatoms. The lowest BCUT2D eigenvalue weighted by atomic mass is 9.59. The summed E-state index contributed by atoms with van der Waals surface area (Å²) in [5, 5.41) is 0. The Bertz CT molecular complexity index is 529. The van der Waals surface area contributed by atoms with Gasteiger partial charge in [-0.3, -0.25) is 9.69 Å². The van der Waals surface area contributed by atoms with Gasteiger partial charge in [0.2, 0.25) is 5.88 Å². The summed E-state index contributed by atoms with van der Waals surface area (Å²) < 4.78 is 5.68. The highest BCUT2D eigenvalue weighted by Gasteiger charge is 2.26. The van der Waals surface area contributed by atoms with E-state index in [-0.39, 0.29) is 6.92 Å². The van der Waals surface area contributed by atoms with Gasteiger partial charge < -0.3 is 4.74 Å². The van der Waals surface area contributed by atoms with Crippen LogP contribution in [0.25, 0.3) is 0 Å². The van der Waals surface area contributed by atoms with E-state index >= 15 is 0 Å². The van der Waals surface area contributed by atoms with Crippen molar-refractivity contribution in [3.05, 3.63) is 54.2 Å². The van der Waals surface area contributed by atoms with Crippen molar-refractivity contribution in [2.45, 2.75) is 12.9 Å². The SMILES string of the molecule is c1ccc(COc2cc(B3CCOO3)ccn2)cc1. The Morgan fingerprint density at radius 2 is 2.11 bits per heavy atom. The van der Waals surface area contributed by atoms with Gasteiger partial charge in [0.1, 0.15) is 6.61 Å². The van der Waals surface area contributed by atoms with Gasteiger partial charge >= 0.3 is 6.92 Å². The average molecular weight is 255 g/mol. The summed E-state index contributed by atoms with van der Waals surface area (Å²) in [6, 6.07) is 13.9. The van der Waals surface area contributed by atoms with Gasteiger partial charge in [0.25, 0.3) is 0 Å². The predicted molar refractivity (Wildman–Crippen MR) is 72.2 cm³/mol. The van der Waals surface area contributed by atoms with Crippen LogP contribution in [0.1, 0.15) is 5.56 Å². The number of aromatic nitrogens is 1. The average Bonchev–Trinajstić information content (AvgIpc) is 3.01. The molecule has 1 aromatic carbocycles. The summed E-state index contributed by atoms with van der Waals surface area (Å²) in [7, 11) is 0. The molecule has 0 atom stereocenters. The van der Waals surface area contributed by atoms with E-state index in [0.29, 0.717) is 19.1 Å². The molecule has 0 radical (unpaired) electrons. The van der Waals surface area contributed by atoms with Crippen molar-refractivity contribution in [1.82, 2.24) is 4.98 Å². The Labute approximate surface area is 112 Å². The van der Waals surface area contributed by atoms with Crippen molar-refractivity contribution in [3.8, 4) is 5.88 Å². The van der Waals surface area contributed by atoms with Gasteiger partial charge in [-0.15, -0.1) is 0 Å². The highest BCUT2D eigenvalue weighted by molar-refractivity contribution is 6.67. The van der Waals surface area contributed by atoms with Crippen molar-refractivity contribution in [2.24, 2.45) is 0 Å². The first-order chi connectivity index (χ1) is 9.42. The summed E-state index contributed by atoms with van der Waals surface area (Å²) in [5.41, 5.74) is 2.16. The lowest BCUT2D eigenvalue weighted by Gasteiger charge is -2.08. The van der Waals surface area contributed by atoms with Crippen molar-refractivity contribution in [1.29, 1.82) is 0 Å². The quantitative estimate of drug-likeness (QED) is 0.617. The fourth-order valence-electron chi connectivity index (χ4n) is 1.99. The highest BCUT2D eigenvalue weighted by atomic mass is 17.2. The predicted octanol–water partition coefficient (Wildman–Crippen LogP) is 1.82. The van der Waals surface area contributed by atoms with E-state index in [1.807, 2.05) is 42.5 Å². The van der Waals surface area contributed by atoms with E-state index in [1.54, 1.807) is 6.20 Å². The Kier molecular flexibility index (Phi) is 3.77. The van der Waals surface area contributed by atoms with Crippen LogP contribution in [0.15, 0.2) is 48.7 Å². The summed E-state index contributed by atoms with van der Waals surface area (Å²) in [5.74, 6) is 0.608. The molecule has 1 fully saturated rings. The van der Waals surface area contributed by atoms with Gasteiger partial charge in [0.15, 0.2) is 0 Å². The van der Waals surface area contributed by atoms with Gasteiger partial charge in [0.05, 0.1) is 6.61 Å². The van der Waals surface area contributed by atoms with Crippen LogP contribution >= 0.6 is 0 Å². The minimum absolute atomic E-state index is 0.0120. The van der Waals surface area contributed by atoms with Crippen LogP contribution in [0.3, 0.4) is 0 Å². The van der Waals surface area contributed by atoms with Gasteiger partial charge in [-0.25, -0.2) is 4.98 Å². The van der Waals surface area contributed by atoms with E-state index in [9.17, 15) is 0 Å².